The molecule has 1 N–H and O–H groups in total. The molecule has 0 radical (unpaired) electrons. The van der Waals surface area contributed by atoms with E-state index in [9.17, 15) is 9.90 Å². The molecular weight excluding hydrogens is 278 g/mol. The minimum Gasteiger partial charge on any atom is -0.478 e. The maximum Gasteiger partial charge on any atom is 0.339 e. The van der Waals surface area contributed by atoms with Crippen molar-refractivity contribution in [3.8, 4) is 5.69 Å². The van der Waals surface area contributed by atoms with Crippen molar-refractivity contribution in [3.63, 3.8) is 0 Å². The van der Waals surface area contributed by atoms with Gasteiger partial charge in [-0.2, -0.15) is 5.10 Å². The van der Waals surface area contributed by atoms with Gasteiger partial charge < -0.3 is 5.11 Å². The summed E-state index contributed by atoms with van der Waals surface area (Å²) in [6.07, 6.45) is 3.82. The Labute approximate surface area is 128 Å². The predicted octanol–water partition coefficient (Wildman–Crippen LogP) is 3.32. The molecule has 0 bridgehead atoms. The zero-order valence-electron chi connectivity index (χ0n) is 12.5. The van der Waals surface area contributed by atoms with E-state index < -0.39 is 5.97 Å². The molecule has 0 fully saturated rings. The van der Waals surface area contributed by atoms with Crippen molar-refractivity contribution in [1.82, 2.24) is 14.8 Å². The number of carboxylic acids is 1. The summed E-state index contributed by atoms with van der Waals surface area (Å²) in [5, 5.41) is 14.7. The molecule has 0 aliphatic heterocycles. The van der Waals surface area contributed by atoms with Gasteiger partial charge in [0.25, 0.3) is 0 Å². The Balaban J connectivity index is 2.24. The molecule has 0 atom stereocenters. The lowest BCUT2D eigenvalue weighted by Crippen LogP contribution is -2.10. The highest BCUT2D eigenvalue weighted by Crippen LogP contribution is 2.24. The van der Waals surface area contributed by atoms with Gasteiger partial charge in [-0.25, -0.2) is 9.48 Å². The molecule has 5 heteroatoms. The first kappa shape index (κ1) is 14.3. The highest BCUT2D eigenvalue weighted by Gasteiger charge is 2.19. The summed E-state index contributed by atoms with van der Waals surface area (Å²) < 4.78 is 1.73. The molecule has 0 amide bonds. The molecule has 112 valence electrons. The summed E-state index contributed by atoms with van der Waals surface area (Å²) in [6.45, 7) is 4.13. The number of hydrogen-bond acceptors (Lipinski definition) is 3. The van der Waals surface area contributed by atoms with E-state index in [0.29, 0.717) is 12.3 Å². The van der Waals surface area contributed by atoms with Crippen molar-refractivity contribution in [2.75, 3.05) is 0 Å². The van der Waals surface area contributed by atoms with Crippen molar-refractivity contribution in [1.29, 1.82) is 0 Å². The Hall–Kier alpha value is -2.69. The van der Waals surface area contributed by atoms with Crippen molar-refractivity contribution in [2.24, 2.45) is 5.92 Å². The number of nitrogens with zero attached hydrogens (tertiary/aromatic N) is 3. The fourth-order valence-corrected chi connectivity index (χ4v) is 2.61. The van der Waals surface area contributed by atoms with Crippen molar-refractivity contribution < 1.29 is 9.90 Å². The Morgan fingerprint density at radius 2 is 2.09 bits per heavy atom. The van der Waals surface area contributed by atoms with Crippen LogP contribution in [0.15, 0.2) is 42.7 Å². The van der Waals surface area contributed by atoms with Crippen LogP contribution >= 0.6 is 0 Å². The standard InChI is InChI=1S/C17H17N3O2/c1-11(2)9-16-13(17(21)22)10-19-20(16)15-7-3-6-14-12(15)5-4-8-18-14/h3-8,10-11H,9H2,1-2H3,(H,21,22). The van der Waals surface area contributed by atoms with Crippen LogP contribution in [-0.2, 0) is 6.42 Å². The van der Waals surface area contributed by atoms with Crippen LogP contribution in [0.25, 0.3) is 16.6 Å². The van der Waals surface area contributed by atoms with Crippen LogP contribution in [0.3, 0.4) is 0 Å². The van der Waals surface area contributed by atoms with E-state index in [1.807, 2.05) is 30.3 Å². The summed E-state index contributed by atoms with van der Waals surface area (Å²) in [4.78, 5) is 15.8. The number of hydrogen-bond donors (Lipinski definition) is 1. The topological polar surface area (TPSA) is 68.0 Å². The van der Waals surface area contributed by atoms with Gasteiger partial charge in [-0.05, 0) is 36.6 Å². The summed E-state index contributed by atoms with van der Waals surface area (Å²) in [7, 11) is 0. The first-order chi connectivity index (χ1) is 10.6. The molecular formula is C17H17N3O2. The average Bonchev–Trinajstić information content (AvgIpc) is 2.89. The van der Waals surface area contributed by atoms with Gasteiger partial charge in [0.15, 0.2) is 0 Å². The van der Waals surface area contributed by atoms with E-state index in [4.69, 9.17) is 0 Å². The van der Waals surface area contributed by atoms with Crippen LogP contribution in [-0.4, -0.2) is 25.8 Å². The number of pyridine rings is 1. The predicted molar refractivity (Wildman–Crippen MR) is 84.4 cm³/mol. The van der Waals surface area contributed by atoms with E-state index >= 15 is 0 Å². The Morgan fingerprint density at radius 3 is 2.82 bits per heavy atom. The molecule has 3 aromatic rings. The third kappa shape index (κ3) is 2.45. The normalized spacial score (nSPS) is 11.2. The first-order valence-electron chi connectivity index (χ1n) is 7.22. The molecule has 5 nitrogen and oxygen atoms in total. The van der Waals surface area contributed by atoms with E-state index in [1.165, 1.54) is 6.20 Å². The minimum atomic E-state index is -0.944. The smallest absolute Gasteiger partial charge is 0.339 e. The van der Waals surface area contributed by atoms with Crippen LogP contribution in [0.4, 0.5) is 0 Å². The lowest BCUT2D eigenvalue weighted by Gasteiger charge is -2.12. The van der Waals surface area contributed by atoms with Crippen LogP contribution in [0.5, 0.6) is 0 Å². The lowest BCUT2D eigenvalue weighted by atomic mass is 10.0. The quantitative estimate of drug-likeness (QED) is 0.801. The second-order valence-corrected chi connectivity index (χ2v) is 5.67. The zero-order chi connectivity index (χ0) is 15.7. The number of rotatable bonds is 4. The van der Waals surface area contributed by atoms with Gasteiger partial charge in [-0.1, -0.05) is 19.9 Å². The summed E-state index contributed by atoms with van der Waals surface area (Å²) >= 11 is 0. The Kier molecular flexibility index (Phi) is 3.63. The highest BCUT2D eigenvalue weighted by molar-refractivity contribution is 5.90. The third-order valence-corrected chi connectivity index (χ3v) is 3.55. The molecule has 0 saturated carbocycles. The molecule has 0 unspecified atom stereocenters. The average molecular weight is 295 g/mol. The Bertz CT molecular complexity index is 832. The Morgan fingerprint density at radius 1 is 1.27 bits per heavy atom. The maximum atomic E-state index is 11.4. The second-order valence-electron chi connectivity index (χ2n) is 5.67. The molecule has 3 rings (SSSR count). The molecule has 2 aromatic heterocycles. The number of carbonyl (C=O) groups is 1. The van der Waals surface area contributed by atoms with Gasteiger partial charge in [-0.3, -0.25) is 4.98 Å². The summed E-state index contributed by atoms with van der Waals surface area (Å²) in [5.41, 5.74) is 2.70. The number of benzene rings is 1. The van der Waals surface area contributed by atoms with Gasteiger partial charge >= 0.3 is 5.97 Å². The molecule has 1 aromatic carbocycles. The van der Waals surface area contributed by atoms with E-state index in [0.717, 1.165) is 22.3 Å². The van der Waals surface area contributed by atoms with E-state index in [-0.39, 0.29) is 5.56 Å². The number of carboxylic acid groups (broad SMARTS) is 1. The van der Waals surface area contributed by atoms with Crippen LogP contribution < -0.4 is 0 Å². The molecule has 0 aliphatic carbocycles. The van der Waals surface area contributed by atoms with Gasteiger partial charge in [0.2, 0.25) is 0 Å². The van der Waals surface area contributed by atoms with Gasteiger partial charge in [0, 0.05) is 11.6 Å². The van der Waals surface area contributed by atoms with Gasteiger partial charge in [0.05, 0.1) is 23.1 Å². The fourth-order valence-electron chi connectivity index (χ4n) is 2.61. The first-order valence-corrected chi connectivity index (χ1v) is 7.22. The number of aromatic carboxylic acids is 1. The van der Waals surface area contributed by atoms with Crippen LogP contribution in [0.2, 0.25) is 0 Å². The molecule has 22 heavy (non-hydrogen) atoms. The second kappa shape index (κ2) is 5.60. The summed E-state index contributed by atoms with van der Waals surface area (Å²) in [6, 6.07) is 9.62. The van der Waals surface area contributed by atoms with Gasteiger partial charge in [-0.15, -0.1) is 0 Å². The maximum absolute atomic E-state index is 11.4. The summed E-state index contributed by atoms with van der Waals surface area (Å²) in [5.74, 6) is -0.609. The largest absolute Gasteiger partial charge is 0.478 e. The lowest BCUT2D eigenvalue weighted by molar-refractivity contribution is 0.0695. The fraction of sp³-hybridized carbons (Fsp3) is 0.235. The number of aromatic nitrogens is 3. The molecule has 0 aliphatic rings. The minimum absolute atomic E-state index is 0.259. The molecule has 0 spiro atoms. The highest BCUT2D eigenvalue weighted by atomic mass is 16.4. The van der Waals surface area contributed by atoms with Crippen LogP contribution in [0, 0.1) is 5.92 Å². The van der Waals surface area contributed by atoms with E-state index in [2.05, 4.69) is 23.9 Å². The molecule has 0 saturated heterocycles. The number of fused-ring (bicyclic) bond motifs is 1. The monoisotopic (exact) mass is 295 g/mol. The van der Waals surface area contributed by atoms with E-state index in [1.54, 1.807) is 10.9 Å². The van der Waals surface area contributed by atoms with Crippen molar-refractivity contribution in [3.05, 3.63) is 54.0 Å². The third-order valence-electron chi connectivity index (χ3n) is 3.55. The van der Waals surface area contributed by atoms with Crippen LogP contribution in [0.1, 0.15) is 29.9 Å². The SMILES string of the molecule is CC(C)Cc1c(C(=O)O)cnn1-c1cccc2ncccc12. The zero-order valence-corrected chi connectivity index (χ0v) is 12.5. The molecule has 2 heterocycles. The van der Waals surface area contributed by atoms with Gasteiger partial charge in [0.1, 0.15) is 5.56 Å². The van der Waals surface area contributed by atoms with Crippen molar-refractivity contribution >= 4 is 16.9 Å². The van der Waals surface area contributed by atoms with Crippen molar-refractivity contribution in [2.45, 2.75) is 20.3 Å².